The molecule has 0 radical (unpaired) electrons. The topological polar surface area (TPSA) is 12.0 Å². The van der Waals surface area contributed by atoms with Crippen LogP contribution in [0.5, 0.6) is 0 Å². The molecule has 1 nitrogen and oxygen atoms in total. The summed E-state index contributed by atoms with van der Waals surface area (Å²) in [5.74, 6) is 0.730. The Morgan fingerprint density at radius 2 is 1.76 bits per heavy atom. The zero-order valence-electron chi connectivity index (χ0n) is 11.4. The molecule has 0 aliphatic rings. The van der Waals surface area contributed by atoms with Crippen LogP contribution >= 0.6 is 22.6 Å². The molecule has 17 heavy (non-hydrogen) atoms. The Kier molecular flexibility index (Phi) is 5.93. The summed E-state index contributed by atoms with van der Waals surface area (Å²) in [5, 5.41) is 3.57. The maximum atomic E-state index is 3.57. The van der Waals surface area contributed by atoms with Crippen LogP contribution in [-0.2, 0) is 6.42 Å². The van der Waals surface area contributed by atoms with Crippen molar-refractivity contribution in [3.63, 3.8) is 0 Å². The molecule has 1 aromatic carbocycles. The predicted octanol–water partition coefficient (Wildman–Crippen LogP) is 4.25. The highest BCUT2D eigenvalue weighted by Crippen LogP contribution is 2.12. The lowest BCUT2D eigenvalue weighted by molar-refractivity contribution is 0.372. The maximum Gasteiger partial charge on any atom is 0.0130 e. The van der Waals surface area contributed by atoms with Gasteiger partial charge in [0.1, 0.15) is 0 Å². The normalized spacial score (nSPS) is 13.7. The molecule has 2 heteroatoms. The fraction of sp³-hybridized carbons (Fsp3) is 0.600. The van der Waals surface area contributed by atoms with Crippen LogP contribution in [0.1, 0.15) is 39.7 Å². The highest BCUT2D eigenvalue weighted by Gasteiger charge is 2.10. The van der Waals surface area contributed by atoms with Gasteiger partial charge in [-0.25, -0.2) is 0 Å². The van der Waals surface area contributed by atoms with E-state index in [0.717, 1.165) is 12.5 Å². The van der Waals surface area contributed by atoms with E-state index in [4.69, 9.17) is 0 Å². The van der Waals surface area contributed by atoms with E-state index in [9.17, 15) is 0 Å². The molecule has 1 atom stereocenters. The third-order valence-electron chi connectivity index (χ3n) is 2.82. The lowest BCUT2D eigenvalue weighted by Gasteiger charge is -2.23. The Morgan fingerprint density at radius 3 is 2.29 bits per heavy atom. The average molecular weight is 345 g/mol. The first kappa shape index (κ1) is 15.0. The number of rotatable bonds is 5. The van der Waals surface area contributed by atoms with Gasteiger partial charge >= 0.3 is 0 Å². The molecule has 1 unspecified atom stereocenters. The van der Waals surface area contributed by atoms with E-state index in [0.29, 0.717) is 0 Å². The van der Waals surface area contributed by atoms with E-state index in [1.54, 1.807) is 0 Å². The van der Waals surface area contributed by atoms with E-state index >= 15 is 0 Å². The summed E-state index contributed by atoms with van der Waals surface area (Å²) >= 11 is 2.35. The van der Waals surface area contributed by atoms with E-state index in [-0.39, 0.29) is 5.54 Å². The van der Waals surface area contributed by atoms with Gasteiger partial charge in [0.25, 0.3) is 0 Å². The lowest BCUT2D eigenvalue weighted by Crippen LogP contribution is -2.38. The molecule has 0 aromatic heterocycles. The minimum absolute atomic E-state index is 0.233. The van der Waals surface area contributed by atoms with Crippen molar-refractivity contribution in [2.75, 3.05) is 6.54 Å². The Labute approximate surface area is 120 Å². The first-order chi connectivity index (χ1) is 7.87. The molecule has 1 N–H and O–H groups in total. The van der Waals surface area contributed by atoms with E-state index in [1.165, 1.54) is 22.0 Å². The number of halogens is 1. The number of nitrogens with one attached hydrogen (secondary N) is 1. The second-order valence-electron chi connectivity index (χ2n) is 5.90. The highest BCUT2D eigenvalue weighted by atomic mass is 127. The number of aryl methyl sites for hydroxylation is 1. The third-order valence-corrected chi connectivity index (χ3v) is 3.54. The van der Waals surface area contributed by atoms with Gasteiger partial charge in [-0.1, -0.05) is 19.1 Å². The summed E-state index contributed by atoms with van der Waals surface area (Å²) in [6.45, 7) is 10.1. The van der Waals surface area contributed by atoms with Crippen LogP contribution < -0.4 is 5.32 Å². The molecule has 0 spiro atoms. The minimum Gasteiger partial charge on any atom is -0.312 e. The molecule has 0 heterocycles. The van der Waals surface area contributed by atoms with Gasteiger partial charge < -0.3 is 5.32 Å². The Hall–Kier alpha value is -0.0900. The van der Waals surface area contributed by atoms with Crippen LogP contribution in [0.2, 0.25) is 0 Å². The van der Waals surface area contributed by atoms with Crippen molar-refractivity contribution < 1.29 is 0 Å². The Balaban J connectivity index is 2.28. The fourth-order valence-electron chi connectivity index (χ4n) is 1.65. The Morgan fingerprint density at radius 1 is 1.18 bits per heavy atom. The predicted molar refractivity (Wildman–Crippen MR) is 84.4 cm³/mol. The largest absolute Gasteiger partial charge is 0.312 e. The fourth-order valence-corrected chi connectivity index (χ4v) is 2.01. The molecule has 0 aliphatic heterocycles. The highest BCUT2D eigenvalue weighted by molar-refractivity contribution is 14.1. The van der Waals surface area contributed by atoms with Gasteiger partial charge in [0.2, 0.25) is 0 Å². The van der Waals surface area contributed by atoms with E-state index in [2.05, 4.69) is 79.9 Å². The first-order valence-corrected chi connectivity index (χ1v) is 7.44. The van der Waals surface area contributed by atoms with Gasteiger partial charge in [-0.15, -0.1) is 0 Å². The van der Waals surface area contributed by atoms with Crippen molar-refractivity contribution in [3.8, 4) is 0 Å². The van der Waals surface area contributed by atoms with Gasteiger partial charge in [-0.3, -0.25) is 0 Å². The SMILES string of the molecule is CC(CCc1ccc(I)cc1)CNC(C)(C)C. The van der Waals surface area contributed by atoms with Crippen LogP contribution in [0.25, 0.3) is 0 Å². The van der Waals surface area contributed by atoms with Crippen LogP contribution in [0.4, 0.5) is 0 Å². The Bertz CT molecular complexity index is 324. The second-order valence-corrected chi connectivity index (χ2v) is 7.15. The molecule has 0 amide bonds. The first-order valence-electron chi connectivity index (χ1n) is 6.36. The van der Waals surface area contributed by atoms with Crippen LogP contribution in [0.3, 0.4) is 0 Å². The van der Waals surface area contributed by atoms with Crippen molar-refractivity contribution in [1.82, 2.24) is 5.32 Å². The average Bonchev–Trinajstić information content (AvgIpc) is 2.25. The molecule has 1 rings (SSSR count). The number of hydrogen-bond acceptors (Lipinski definition) is 1. The van der Waals surface area contributed by atoms with Gasteiger partial charge in [0.15, 0.2) is 0 Å². The smallest absolute Gasteiger partial charge is 0.0130 e. The number of hydrogen-bond donors (Lipinski definition) is 1. The number of benzene rings is 1. The molecule has 0 aliphatic carbocycles. The minimum atomic E-state index is 0.233. The lowest BCUT2D eigenvalue weighted by atomic mass is 9.99. The van der Waals surface area contributed by atoms with E-state index < -0.39 is 0 Å². The van der Waals surface area contributed by atoms with Crippen LogP contribution in [0.15, 0.2) is 24.3 Å². The van der Waals surface area contributed by atoms with Crippen molar-refractivity contribution in [2.45, 2.75) is 46.1 Å². The molecule has 0 saturated heterocycles. The van der Waals surface area contributed by atoms with Crippen molar-refractivity contribution in [1.29, 1.82) is 0 Å². The summed E-state index contributed by atoms with van der Waals surface area (Å²) in [4.78, 5) is 0. The van der Waals surface area contributed by atoms with Crippen molar-refractivity contribution in [3.05, 3.63) is 33.4 Å². The molecular weight excluding hydrogens is 321 g/mol. The quantitative estimate of drug-likeness (QED) is 0.787. The summed E-state index contributed by atoms with van der Waals surface area (Å²) < 4.78 is 1.31. The summed E-state index contributed by atoms with van der Waals surface area (Å²) in [6, 6.07) is 8.86. The molecule has 0 saturated carbocycles. The standard InChI is InChI=1S/C15H24IN/c1-12(11-17-15(2,3)4)5-6-13-7-9-14(16)10-8-13/h7-10,12,17H,5-6,11H2,1-4H3. The monoisotopic (exact) mass is 345 g/mol. The zero-order valence-corrected chi connectivity index (χ0v) is 13.5. The summed E-state index contributed by atoms with van der Waals surface area (Å²) in [6.07, 6.45) is 2.44. The second kappa shape index (κ2) is 6.74. The molecule has 96 valence electrons. The van der Waals surface area contributed by atoms with Crippen molar-refractivity contribution in [2.24, 2.45) is 5.92 Å². The van der Waals surface area contributed by atoms with Crippen LogP contribution in [-0.4, -0.2) is 12.1 Å². The summed E-state index contributed by atoms with van der Waals surface area (Å²) in [7, 11) is 0. The van der Waals surface area contributed by atoms with E-state index in [1.807, 2.05) is 0 Å². The van der Waals surface area contributed by atoms with Gasteiger partial charge in [-0.2, -0.15) is 0 Å². The molecule has 0 bridgehead atoms. The molecule has 0 fully saturated rings. The maximum absolute atomic E-state index is 3.57. The zero-order chi connectivity index (χ0) is 12.9. The van der Waals surface area contributed by atoms with Gasteiger partial charge in [0, 0.05) is 9.11 Å². The third kappa shape index (κ3) is 7.04. The van der Waals surface area contributed by atoms with Gasteiger partial charge in [-0.05, 0) is 86.4 Å². The molecular formula is C15H24IN. The van der Waals surface area contributed by atoms with Crippen LogP contribution in [0, 0.1) is 9.49 Å². The summed E-state index contributed by atoms with van der Waals surface area (Å²) in [5.41, 5.74) is 1.69. The van der Waals surface area contributed by atoms with Gasteiger partial charge in [0.05, 0.1) is 0 Å². The molecule has 1 aromatic rings. The van der Waals surface area contributed by atoms with Crippen molar-refractivity contribution >= 4 is 22.6 Å².